The number of halogens is 8. The van der Waals surface area contributed by atoms with Crippen molar-refractivity contribution in [1.29, 1.82) is 0 Å². The van der Waals surface area contributed by atoms with Gasteiger partial charge in [0.2, 0.25) is 5.95 Å². The number of nitrogens with one attached hydrogen (secondary N) is 2. The zero-order chi connectivity index (χ0) is 35.9. The van der Waals surface area contributed by atoms with Crippen LogP contribution in [-0.2, 0) is 22.6 Å². The van der Waals surface area contributed by atoms with Crippen LogP contribution in [0.15, 0.2) is 52.3 Å². The summed E-state index contributed by atoms with van der Waals surface area (Å²) in [6.45, 7) is 0.126. The summed E-state index contributed by atoms with van der Waals surface area (Å²) in [6.07, 6.45) is -8.54. The van der Waals surface area contributed by atoms with Gasteiger partial charge in [-0.3, -0.25) is 9.36 Å². The Labute approximate surface area is 286 Å². The fourth-order valence-corrected chi connectivity index (χ4v) is 7.54. The van der Waals surface area contributed by atoms with Crippen LogP contribution in [0, 0.1) is 0 Å². The number of fused-ring (bicyclic) bond motifs is 1. The highest BCUT2D eigenvalue weighted by Gasteiger charge is 2.36. The van der Waals surface area contributed by atoms with E-state index in [0.717, 1.165) is 30.5 Å². The Morgan fingerprint density at radius 2 is 1.65 bits per heavy atom. The number of hydrogen-bond donors (Lipinski definition) is 2. The number of piperazine rings is 1. The minimum absolute atomic E-state index is 0.0259. The van der Waals surface area contributed by atoms with E-state index in [1.165, 1.54) is 12.1 Å². The first-order chi connectivity index (χ1) is 22.8. The monoisotopic (exact) mass is 751 g/mol. The molecule has 0 atom stereocenters. The van der Waals surface area contributed by atoms with Crippen LogP contribution >= 0.6 is 23.2 Å². The molecule has 3 heterocycles. The van der Waals surface area contributed by atoms with E-state index in [-0.39, 0.29) is 61.1 Å². The van der Waals surface area contributed by atoms with Gasteiger partial charge in [-0.15, -0.1) is 0 Å². The third kappa shape index (κ3) is 8.40. The summed E-state index contributed by atoms with van der Waals surface area (Å²) in [4.78, 5) is 24.8. The van der Waals surface area contributed by atoms with E-state index < -0.39 is 45.5 Å². The topological polar surface area (TPSA) is 112 Å². The molecular weight excluding hydrogens is 723 g/mol. The van der Waals surface area contributed by atoms with Crippen molar-refractivity contribution in [3.05, 3.63) is 68.6 Å². The number of pyridine rings is 1. The second-order valence-corrected chi connectivity index (χ2v) is 14.4. The van der Waals surface area contributed by atoms with Crippen LogP contribution in [-0.4, -0.2) is 86.6 Å². The summed E-state index contributed by atoms with van der Waals surface area (Å²) in [5.74, 6) is -0.645. The first-order valence-corrected chi connectivity index (χ1v) is 17.0. The maximum atomic E-state index is 14.1. The molecule has 0 saturated carbocycles. The van der Waals surface area contributed by atoms with Crippen LogP contribution in [0.2, 0.25) is 10.0 Å². The first kappa shape index (κ1) is 36.6. The number of rotatable bonds is 9. The largest absolute Gasteiger partial charge is 0.418 e. The van der Waals surface area contributed by atoms with Crippen LogP contribution in [0.25, 0.3) is 22.2 Å². The number of anilines is 3. The molecular formula is C30H29Cl2F6N7O3S. The quantitative estimate of drug-likeness (QED) is 0.204. The molecule has 1 fully saturated rings. The van der Waals surface area contributed by atoms with E-state index in [9.17, 15) is 39.6 Å². The number of alkyl halides is 6. The molecule has 49 heavy (non-hydrogen) atoms. The molecule has 2 N–H and O–H groups in total. The maximum absolute atomic E-state index is 14.1. The van der Waals surface area contributed by atoms with Crippen molar-refractivity contribution in [2.75, 3.05) is 62.8 Å². The molecule has 1 aliphatic rings. The molecule has 264 valence electrons. The lowest BCUT2D eigenvalue weighted by molar-refractivity contribution is -0.140. The molecule has 0 spiro atoms. The third-order valence-corrected chi connectivity index (χ3v) is 9.90. The first-order valence-electron chi connectivity index (χ1n) is 14.6. The fraction of sp³-hybridized carbons (Fsp3) is 0.367. The van der Waals surface area contributed by atoms with E-state index in [4.69, 9.17) is 23.2 Å². The van der Waals surface area contributed by atoms with E-state index in [2.05, 4.69) is 20.6 Å². The Bertz CT molecular complexity index is 2030. The van der Waals surface area contributed by atoms with Gasteiger partial charge >= 0.3 is 12.4 Å². The lowest BCUT2D eigenvalue weighted by Crippen LogP contribution is -2.44. The third-order valence-electron chi connectivity index (χ3n) is 7.63. The van der Waals surface area contributed by atoms with Crippen molar-refractivity contribution < 1.29 is 34.8 Å². The molecule has 0 aliphatic carbocycles. The molecule has 10 nitrogen and oxygen atoms in total. The van der Waals surface area contributed by atoms with Crippen molar-refractivity contribution in [3.8, 4) is 11.1 Å². The molecule has 2 aromatic heterocycles. The number of nitrogens with zero attached hydrogens (tertiary/aromatic N) is 5. The molecule has 0 amide bonds. The van der Waals surface area contributed by atoms with Gasteiger partial charge in [-0.05, 0) is 50.5 Å². The number of aromatic nitrogens is 3. The molecule has 0 bridgehead atoms. The summed E-state index contributed by atoms with van der Waals surface area (Å²) in [5, 5.41) is 5.01. The molecule has 4 aromatic rings. The Morgan fingerprint density at radius 1 is 1.00 bits per heavy atom. The van der Waals surface area contributed by atoms with Gasteiger partial charge in [0, 0.05) is 61.2 Å². The Hall–Kier alpha value is -3.64. The zero-order valence-corrected chi connectivity index (χ0v) is 28.2. The molecule has 1 saturated heterocycles. The molecule has 5 rings (SSSR count). The highest BCUT2D eigenvalue weighted by Crippen LogP contribution is 2.40. The Balaban J connectivity index is 1.57. The maximum Gasteiger partial charge on any atom is 0.418 e. The second-order valence-electron chi connectivity index (χ2n) is 11.5. The predicted molar refractivity (Wildman–Crippen MR) is 176 cm³/mol. The fourth-order valence-electron chi connectivity index (χ4n) is 5.28. The lowest BCUT2D eigenvalue weighted by atomic mass is 10.1. The van der Waals surface area contributed by atoms with Gasteiger partial charge in [-0.25, -0.2) is 13.4 Å². The highest BCUT2D eigenvalue weighted by molar-refractivity contribution is 7.91. The van der Waals surface area contributed by atoms with Crippen molar-refractivity contribution in [1.82, 2.24) is 24.8 Å². The average molecular weight is 753 g/mol. The summed E-state index contributed by atoms with van der Waals surface area (Å²) >= 11 is 12.8. The molecule has 0 radical (unpaired) electrons. The van der Waals surface area contributed by atoms with E-state index in [0.29, 0.717) is 30.7 Å². The smallest absolute Gasteiger partial charge is 0.368 e. The van der Waals surface area contributed by atoms with E-state index >= 15 is 0 Å². The molecule has 1 aliphatic heterocycles. The minimum Gasteiger partial charge on any atom is -0.368 e. The second kappa shape index (κ2) is 13.9. The van der Waals surface area contributed by atoms with Gasteiger partial charge in [0.05, 0.1) is 31.8 Å². The van der Waals surface area contributed by atoms with Crippen LogP contribution in [0.3, 0.4) is 0 Å². The molecule has 0 unspecified atom stereocenters. The van der Waals surface area contributed by atoms with Crippen molar-refractivity contribution in [3.63, 3.8) is 0 Å². The number of benzene rings is 2. The minimum atomic E-state index is -4.91. The summed E-state index contributed by atoms with van der Waals surface area (Å²) in [5.41, 5.74) is -3.32. The van der Waals surface area contributed by atoms with Crippen molar-refractivity contribution in [2.24, 2.45) is 0 Å². The molecule has 19 heteroatoms. The van der Waals surface area contributed by atoms with Crippen LogP contribution < -0.4 is 21.1 Å². The summed E-state index contributed by atoms with van der Waals surface area (Å²) in [6, 6.07) is 6.79. The Kier molecular flexibility index (Phi) is 10.4. The standard InChI is InChI=1S/C30H29Cl2F6N7O3S/c1-43(2)9-10-49(47,48)19-13-22(31)25(23(32)14-19)20-11-17-15-40-28(42-26(17)45(27(20)46)16-29(33,34)35)41-18-3-4-24(21(12-18)30(36,37)38)44-7-5-39-6-8-44/h3-4,11-15,39H,5-10,16H2,1-2H3,(H,40,41,42). The van der Waals surface area contributed by atoms with Gasteiger partial charge < -0.3 is 20.4 Å². The Morgan fingerprint density at radius 3 is 2.24 bits per heavy atom. The highest BCUT2D eigenvalue weighted by atomic mass is 35.5. The van der Waals surface area contributed by atoms with Gasteiger partial charge in [0.1, 0.15) is 12.2 Å². The van der Waals surface area contributed by atoms with Crippen molar-refractivity contribution >= 4 is 61.4 Å². The zero-order valence-electron chi connectivity index (χ0n) is 25.9. The van der Waals surface area contributed by atoms with Gasteiger partial charge in [0.25, 0.3) is 5.56 Å². The number of hydrogen-bond acceptors (Lipinski definition) is 9. The van der Waals surface area contributed by atoms with E-state index in [1.807, 2.05) is 0 Å². The van der Waals surface area contributed by atoms with Gasteiger partial charge in [-0.1, -0.05) is 23.2 Å². The SMILES string of the molecule is CN(C)CCS(=O)(=O)c1cc(Cl)c(-c2cc3cnc(Nc4ccc(N5CCNCC5)c(C(F)(F)F)c4)nc3n(CC(F)(F)F)c2=O)c(Cl)c1. The summed E-state index contributed by atoms with van der Waals surface area (Å²) < 4.78 is 110. The van der Waals surface area contributed by atoms with Gasteiger partial charge in [0.15, 0.2) is 9.84 Å². The summed E-state index contributed by atoms with van der Waals surface area (Å²) in [7, 11) is -0.497. The lowest BCUT2D eigenvalue weighted by Gasteiger charge is -2.31. The van der Waals surface area contributed by atoms with Crippen LogP contribution in [0.4, 0.5) is 43.7 Å². The normalized spacial score (nSPS) is 14.6. The average Bonchev–Trinajstić information content (AvgIpc) is 3.01. The molecule has 2 aromatic carbocycles. The van der Waals surface area contributed by atoms with E-state index in [1.54, 1.807) is 23.9 Å². The predicted octanol–water partition coefficient (Wildman–Crippen LogP) is 5.83. The van der Waals surface area contributed by atoms with Crippen LogP contribution in [0.5, 0.6) is 0 Å². The van der Waals surface area contributed by atoms with Crippen molar-refractivity contribution in [2.45, 2.75) is 23.8 Å². The van der Waals surface area contributed by atoms with Gasteiger partial charge in [-0.2, -0.15) is 31.3 Å². The van der Waals surface area contributed by atoms with Crippen LogP contribution in [0.1, 0.15) is 5.56 Å². The number of sulfone groups is 1.